The lowest BCUT2D eigenvalue weighted by atomic mass is 10.0. The van der Waals surface area contributed by atoms with Crippen molar-refractivity contribution in [2.45, 2.75) is 26.3 Å². The van der Waals surface area contributed by atoms with Crippen LogP contribution in [0.15, 0.2) is 17.8 Å². The third kappa shape index (κ3) is 2.58. The Morgan fingerprint density at radius 1 is 1.36 bits per heavy atom. The molecule has 0 aromatic rings. The fourth-order valence-corrected chi connectivity index (χ4v) is 1.59. The average Bonchev–Trinajstić information content (AvgIpc) is 2.07. The Morgan fingerprint density at radius 3 is 2.50 bits per heavy atom. The van der Waals surface area contributed by atoms with Crippen LogP contribution in [0, 0.1) is 0 Å². The average molecular weight is 195 g/mol. The summed E-state index contributed by atoms with van der Waals surface area (Å²) in [4.78, 5) is 8.93. The van der Waals surface area contributed by atoms with Crippen LogP contribution < -0.4 is 0 Å². The minimum absolute atomic E-state index is 0.225. The molecule has 1 aliphatic rings. The molecule has 14 heavy (non-hydrogen) atoms. The van der Waals surface area contributed by atoms with Crippen LogP contribution in [-0.4, -0.2) is 47.9 Å². The van der Waals surface area contributed by atoms with Crippen LogP contribution in [0.3, 0.4) is 0 Å². The van der Waals surface area contributed by atoms with Crippen molar-refractivity contribution in [3.8, 4) is 0 Å². The summed E-state index contributed by atoms with van der Waals surface area (Å²) in [6.45, 7) is 13.4. The summed E-state index contributed by atoms with van der Waals surface area (Å²) in [5, 5.41) is 0. The van der Waals surface area contributed by atoms with Gasteiger partial charge < -0.3 is 4.90 Å². The van der Waals surface area contributed by atoms with E-state index in [0.717, 1.165) is 25.5 Å². The molecule has 0 amide bonds. The lowest BCUT2D eigenvalue weighted by molar-refractivity contribution is 0.129. The Kier molecular flexibility index (Phi) is 3.32. The van der Waals surface area contributed by atoms with E-state index in [2.05, 4.69) is 49.2 Å². The topological polar surface area (TPSA) is 18.8 Å². The second-order valence-electron chi connectivity index (χ2n) is 4.74. The van der Waals surface area contributed by atoms with Crippen molar-refractivity contribution in [2.24, 2.45) is 4.99 Å². The van der Waals surface area contributed by atoms with Crippen LogP contribution in [0.1, 0.15) is 20.8 Å². The predicted octanol–water partition coefficient (Wildman–Crippen LogP) is 1.57. The number of hydrogen-bond acceptors (Lipinski definition) is 2. The maximum atomic E-state index is 4.29. The highest BCUT2D eigenvalue weighted by atomic mass is 15.3. The summed E-state index contributed by atoms with van der Waals surface area (Å²) < 4.78 is 0. The van der Waals surface area contributed by atoms with Crippen molar-refractivity contribution in [1.82, 2.24) is 9.80 Å². The van der Waals surface area contributed by atoms with Gasteiger partial charge in [-0.3, -0.25) is 4.90 Å². The number of hydrogen-bond donors (Lipinski definition) is 0. The quantitative estimate of drug-likeness (QED) is 0.632. The lowest BCUT2D eigenvalue weighted by Crippen LogP contribution is -2.55. The van der Waals surface area contributed by atoms with Crippen LogP contribution in [0.5, 0.6) is 0 Å². The van der Waals surface area contributed by atoms with Crippen LogP contribution in [-0.2, 0) is 0 Å². The second-order valence-corrected chi connectivity index (χ2v) is 4.74. The van der Waals surface area contributed by atoms with E-state index < -0.39 is 0 Å². The molecule has 0 N–H and O–H groups in total. The Morgan fingerprint density at radius 2 is 2.00 bits per heavy atom. The Hall–Kier alpha value is -0.830. The number of likely N-dealkylation sites (N-methyl/N-ethyl adjacent to an activating group) is 1. The van der Waals surface area contributed by atoms with E-state index in [-0.39, 0.29) is 5.54 Å². The van der Waals surface area contributed by atoms with Gasteiger partial charge in [0.25, 0.3) is 0 Å². The van der Waals surface area contributed by atoms with Crippen LogP contribution in [0.4, 0.5) is 0 Å². The number of piperazine rings is 1. The normalized spacial score (nSPS) is 22.9. The second kappa shape index (κ2) is 4.13. The molecule has 1 fully saturated rings. The van der Waals surface area contributed by atoms with E-state index in [1.807, 2.05) is 0 Å². The van der Waals surface area contributed by atoms with E-state index >= 15 is 0 Å². The highest BCUT2D eigenvalue weighted by Crippen LogP contribution is 2.16. The molecule has 0 bridgehead atoms. The first-order valence-electron chi connectivity index (χ1n) is 5.09. The Balaban J connectivity index is 2.72. The molecule has 0 spiro atoms. The van der Waals surface area contributed by atoms with Crippen molar-refractivity contribution in [1.29, 1.82) is 0 Å². The summed E-state index contributed by atoms with van der Waals surface area (Å²) in [6, 6.07) is 0. The minimum atomic E-state index is 0.225. The fraction of sp³-hybridized carbons (Fsp3) is 0.727. The maximum absolute atomic E-state index is 4.29. The molecule has 0 aromatic heterocycles. The zero-order valence-corrected chi connectivity index (χ0v) is 9.75. The van der Waals surface area contributed by atoms with E-state index in [0.29, 0.717) is 0 Å². The maximum Gasteiger partial charge on any atom is 0.118 e. The van der Waals surface area contributed by atoms with E-state index in [1.54, 1.807) is 6.20 Å². The van der Waals surface area contributed by atoms with Gasteiger partial charge in [0, 0.05) is 31.9 Å². The van der Waals surface area contributed by atoms with Gasteiger partial charge in [-0.1, -0.05) is 6.58 Å². The smallest absolute Gasteiger partial charge is 0.118 e. The molecule has 80 valence electrons. The van der Waals surface area contributed by atoms with Crippen molar-refractivity contribution in [3.63, 3.8) is 0 Å². The lowest BCUT2D eigenvalue weighted by Gasteiger charge is -2.42. The molecule has 0 radical (unpaired) electrons. The highest BCUT2D eigenvalue weighted by Gasteiger charge is 2.27. The van der Waals surface area contributed by atoms with Gasteiger partial charge >= 0.3 is 0 Å². The van der Waals surface area contributed by atoms with Gasteiger partial charge in [-0.15, -0.1) is 0 Å². The molecular weight excluding hydrogens is 174 g/mol. The van der Waals surface area contributed by atoms with E-state index in [9.17, 15) is 0 Å². The molecular formula is C11H21N3. The molecule has 0 saturated carbocycles. The van der Waals surface area contributed by atoms with Crippen LogP contribution in [0.2, 0.25) is 0 Å². The highest BCUT2D eigenvalue weighted by molar-refractivity contribution is 5.85. The number of nitrogens with zero attached hydrogens (tertiary/aromatic N) is 3. The van der Waals surface area contributed by atoms with Crippen molar-refractivity contribution in [2.75, 3.05) is 26.7 Å². The zero-order valence-electron chi connectivity index (χ0n) is 9.75. The number of rotatable bonds is 1. The Bertz CT molecular complexity index is 237. The first-order chi connectivity index (χ1) is 6.45. The molecule has 0 atom stereocenters. The standard InChI is InChI=1S/C11H21N3/c1-6-12-10-9-14(11(2,3)4)8-7-13(10)5/h6H,1,7-9H2,2-5H3. The van der Waals surface area contributed by atoms with Gasteiger partial charge in [0.15, 0.2) is 0 Å². The fourth-order valence-electron chi connectivity index (χ4n) is 1.59. The predicted molar refractivity (Wildman–Crippen MR) is 61.6 cm³/mol. The molecule has 1 heterocycles. The number of aliphatic imine (C=N–C) groups is 1. The van der Waals surface area contributed by atoms with E-state index in [4.69, 9.17) is 0 Å². The summed E-state index contributed by atoms with van der Waals surface area (Å²) >= 11 is 0. The van der Waals surface area contributed by atoms with Crippen LogP contribution >= 0.6 is 0 Å². The summed E-state index contributed by atoms with van der Waals surface area (Å²) in [7, 11) is 2.09. The van der Waals surface area contributed by atoms with Crippen LogP contribution in [0.25, 0.3) is 0 Å². The molecule has 0 aromatic carbocycles. The molecule has 1 saturated heterocycles. The van der Waals surface area contributed by atoms with Gasteiger partial charge in [-0.05, 0) is 20.8 Å². The summed E-state index contributed by atoms with van der Waals surface area (Å²) in [5.41, 5.74) is 0.225. The van der Waals surface area contributed by atoms with Gasteiger partial charge in [0.1, 0.15) is 5.84 Å². The third-order valence-corrected chi connectivity index (χ3v) is 2.67. The summed E-state index contributed by atoms with van der Waals surface area (Å²) in [6.07, 6.45) is 1.62. The Labute approximate surface area is 87.1 Å². The zero-order chi connectivity index (χ0) is 10.8. The summed E-state index contributed by atoms with van der Waals surface area (Å²) in [5.74, 6) is 1.11. The monoisotopic (exact) mass is 195 g/mol. The molecule has 3 nitrogen and oxygen atoms in total. The van der Waals surface area contributed by atoms with Crippen molar-refractivity contribution >= 4 is 5.84 Å². The number of amidine groups is 1. The SMILES string of the molecule is C=CN=C1CN(C(C)(C)C)CCN1C. The van der Waals surface area contributed by atoms with E-state index in [1.165, 1.54) is 0 Å². The van der Waals surface area contributed by atoms with Gasteiger partial charge in [-0.25, -0.2) is 4.99 Å². The first-order valence-corrected chi connectivity index (χ1v) is 5.09. The molecule has 0 aliphatic carbocycles. The molecule has 0 unspecified atom stereocenters. The van der Waals surface area contributed by atoms with Crippen molar-refractivity contribution < 1.29 is 0 Å². The van der Waals surface area contributed by atoms with Gasteiger partial charge in [-0.2, -0.15) is 0 Å². The molecule has 1 rings (SSSR count). The van der Waals surface area contributed by atoms with Gasteiger partial charge in [0.05, 0.1) is 6.54 Å². The first kappa shape index (κ1) is 11.2. The molecule has 3 heteroatoms. The molecule has 1 aliphatic heterocycles. The third-order valence-electron chi connectivity index (χ3n) is 2.67. The largest absolute Gasteiger partial charge is 0.361 e. The minimum Gasteiger partial charge on any atom is -0.361 e. The van der Waals surface area contributed by atoms with Crippen molar-refractivity contribution in [3.05, 3.63) is 12.8 Å². The van der Waals surface area contributed by atoms with Gasteiger partial charge in [0.2, 0.25) is 0 Å².